The zero-order chi connectivity index (χ0) is 13.8. The summed E-state index contributed by atoms with van der Waals surface area (Å²) in [6.07, 6.45) is 1.73. The van der Waals surface area contributed by atoms with Gasteiger partial charge in [0, 0.05) is 24.2 Å². The van der Waals surface area contributed by atoms with Crippen LogP contribution in [-0.4, -0.2) is 16.9 Å². The Morgan fingerprint density at radius 1 is 1.32 bits per heavy atom. The molecule has 0 aliphatic carbocycles. The Morgan fingerprint density at radius 2 is 2.11 bits per heavy atom. The van der Waals surface area contributed by atoms with E-state index in [2.05, 4.69) is 18.0 Å². The van der Waals surface area contributed by atoms with Gasteiger partial charge in [-0.3, -0.25) is 4.90 Å². The van der Waals surface area contributed by atoms with Crippen LogP contribution in [0.5, 0.6) is 0 Å². The van der Waals surface area contributed by atoms with E-state index in [0.29, 0.717) is 4.99 Å². The number of furan rings is 1. The van der Waals surface area contributed by atoms with Gasteiger partial charge in [0.05, 0.1) is 6.26 Å². The average molecular weight is 274 g/mol. The van der Waals surface area contributed by atoms with Gasteiger partial charge in [0.1, 0.15) is 10.7 Å². The maximum absolute atomic E-state index is 5.65. The highest BCUT2D eigenvalue weighted by atomic mass is 32.1. The van der Waals surface area contributed by atoms with Crippen molar-refractivity contribution in [2.24, 2.45) is 5.73 Å². The molecule has 4 heteroatoms. The molecule has 2 aromatic rings. The molecule has 100 valence electrons. The van der Waals surface area contributed by atoms with Crippen molar-refractivity contribution >= 4 is 17.2 Å². The van der Waals surface area contributed by atoms with E-state index in [0.717, 1.165) is 24.4 Å². The minimum Gasteiger partial charge on any atom is -0.469 e. The van der Waals surface area contributed by atoms with Gasteiger partial charge in [0.25, 0.3) is 0 Å². The van der Waals surface area contributed by atoms with Crippen molar-refractivity contribution < 1.29 is 4.42 Å². The number of thiocarbonyl (C=S) groups is 1. The Bertz CT molecular complexity index is 577. The van der Waals surface area contributed by atoms with E-state index in [1.807, 2.05) is 31.2 Å². The summed E-state index contributed by atoms with van der Waals surface area (Å²) in [5.41, 5.74) is 8.98. The number of aryl methyl sites for hydroxylation is 1. The predicted molar refractivity (Wildman–Crippen MR) is 80.9 cm³/mol. The molecule has 2 rings (SSSR count). The van der Waals surface area contributed by atoms with Crippen LogP contribution < -0.4 is 5.73 Å². The summed E-state index contributed by atoms with van der Waals surface area (Å²) in [5.74, 6) is 0.976. The monoisotopic (exact) mass is 274 g/mol. The van der Waals surface area contributed by atoms with Crippen LogP contribution in [0.3, 0.4) is 0 Å². The molecule has 19 heavy (non-hydrogen) atoms. The van der Waals surface area contributed by atoms with Crippen molar-refractivity contribution in [3.63, 3.8) is 0 Å². The molecule has 0 saturated heterocycles. The molecule has 0 saturated carbocycles. The second-order valence-electron chi connectivity index (χ2n) is 4.74. The molecule has 0 aliphatic rings. The van der Waals surface area contributed by atoms with E-state index in [1.54, 1.807) is 6.26 Å². The largest absolute Gasteiger partial charge is 0.469 e. The minimum absolute atomic E-state index is 0.440. The summed E-state index contributed by atoms with van der Waals surface area (Å²) < 4.78 is 5.31. The van der Waals surface area contributed by atoms with Gasteiger partial charge in [-0.25, -0.2) is 0 Å². The lowest BCUT2D eigenvalue weighted by atomic mass is 10.1. The highest BCUT2D eigenvalue weighted by Gasteiger charge is 2.07. The Kier molecular flexibility index (Phi) is 4.35. The fraction of sp³-hybridized carbons (Fsp3) is 0.267. The van der Waals surface area contributed by atoms with E-state index in [4.69, 9.17) is 22.4 Å². The molecule has 0 spiro atoms. The summed E-state index contributed by atoms with van der Waals surface area (Å²) >= 11 is 5.00. The molecule has 0 bridgehead atoms. The van der Waals surface area contributed by atoms with Crippen LogP contribution in [0, 0.1) is 6.92 Å². The molecule has 2 N–H and O–H groups in total. The first-order chi connectivity index (χ1) is 9.06. The molecule has 0 radical (unpaired) electrons. The molecule has 3 nitrogen and oxygen atoms in total. The molecule has 0 atom stereocenters. The second kappa shape index (κ2) is 5.99. The first-order valence-corrected chi connectivity index (χ1v) is 6.57. The predicted octanol–water partition coefficient (Wildman–Crippen LogP) is 2.85. The van der Waals surface area contributed by atoms with Crippen molar-refractivity contribution in [1.82, 2.24) is 4.90 Å². The summed E-state index contributed by atoms with van der Waals surface area (Å²) in [6, 6.07) is 10.1. The number of rotatable bonds is 5. The Hall–Kier alpha value is -1.65. The second-order valence-corrected chi connectivity index (χ2v) is 5.18. The molecule has 0 amide bonds. The molecule has 0 fully saturated rings. The number of nitrogens with zero attached hydrogens (tertiary/aromatic N) is 1. The first kappa shape index (κ1) is 13.8. The third-order valence-electron chi connectivity index (χ3n) is 3.07. The lowest BCUT2D eigenvalue weighted by Crippen LogP contribution is -2.18. The molecule has 1 aromatic carbocycles. The highest BCUT2D eigenvalue weighted by molar-refractivity contribution is 7.80. The maximum atomic E-state index is 5.65. The molecular formula is C15H18N2OS. The topological polar surface area (TPSA) is 42.4 Å². The van der Waals surface area contributed by atoms with Crippen LogP contribution >= 0.6 is 12.2 Å². The van der Waals surface area contributed by atoms with E-state index in [-0.39, 0.29) is 0 Å². The number of hydrogen-bond donors (Lipinski definition) is 1. The molecular weight excluding hydrogens is 256 g/mol. The van der Waals surface area contributed by atoms with Gasteiger partial charge >= 0.3 is 0 Å². The lowest BCUT2D eigenvalue weighted by molar-refractivity contribution is 0.316. The van der Waals surface area contributed by atoms with Gasteiger partial charge < -0.3 is 10.2 Å². The van der Waals surface area contributed by atoms with Crippen molar-refractivity contribution in [2.45, 2.75) is 20.0 Å². The standard InChI is InChI=1S/C15H18N2OS/c1-11-14(6-7-18-11)10-17(2)9-12-4-3-5-13(8-12)15(16)19/h3-8H,9-10H2,1-2H3,(H2,16,19). The van der Waals surface area contributed by atoms with Crippen molar-refractivity contribution in [3.05, 3.63) is 59.0 Å². The van der Waals surface area contributed by atoms with Gasteiger partial charge in [-0.2, -0.15) is 0 Å². The Morgan fingerprint density at radius 3 is 2.74 bits per heavy atom. The van der Waals surface area contributed by atoms with E-state index >= 15 is 0 Å². The van der Waals surface area contributed by atoms with Crippen LogP contribution in [0.1, 0.15) is 22.5 Å². The number of nitrogens with two attached hydrogens (primary N) is 1. The van der Waals surface area contributed by atoms with Crippen molar-refractivity contribution in [2.75, 3.05) is 7.05 Å². The molecule has 1 heterocycles. The van der Waals surface area contributed by atoms with Crippen LogP contribution in [0.25, 0.3) is 0 Å². The van der Waals surface area contributed by atoms with Crippen LogP contribution in [0.4, 0.5) is 0 Å². The zero-order valence-corrected chi connectivity index (χ0v) is 12.0. The van der Waals surface area contributed by atoms with E-state index < -0.39 is 0 Å². The van der Waals surface area contributed by atoms with Gasteiger partial charge in [-0.05, 0) is 31.7 Å². The van der Waals surface area contributed by atoms with E-state index in [1.165, 1.54) is 11.1 Å². The molecule has 0 unspecified atom stereocenters. The Balaban J connectivity index is 2.02. The van der Waals surface area contributed by atoms with Gasteiger partial charge in [-0.15, -0.1) is 0 Å². The normalized spacial score (nSPS) is 10.9. The van der Waals surface area contributed by atoms with Gasteiger partial charge in [0.2, 0.25) is 0 Å². The summed E-state index contributed by atoms with van der Waals surface area (Å²) in [4.78, 5) is 2.67. The highest BCUT2D eigenvalue weighted by Crippen LogP contribution is 2.13. The fourth-order valence-corrected chi connectivity index (χ4v) is 2.18. The first-order valence-electron chi connectivity index (χ1n) is 6.16. The van der Waals surface area contributed by atoms with Crippen molar-refractivity contribution in [3.8, 4) is 0 Å². The quantitative estimate of drug-likeness (QED) is 0.851. The van der Waals surface area contributed by atoms with Gasteiger partial charge in [0.15, 0.2) is 0 Å². The SMILES string of the molecule is Cc1occc1CN(C)Cc1cccc(C(N)=S)c1. The maximum Gasteiger partial charge on any atom is 0.105 e. The van der Waals surface area contributed by atoms with E-state index in [9.17, 15) is 0 Å². The average Bonchev–Trinajstić information content (AvgIpc) is 2.75. The Labute approximate surface area is 119 Å². The fourth-order valence-electron chi connectivity index (χ4n) is 2.06. The lowest BCUT2D eigenvalue weighted by Gasteiger charge is -2.16. The number of benzene rings is 1. The zero-order valence-electron chi connectivity index (χ0n) is 11.2. The van der Waals surface area contributed by atoms with Crippen LogP contribution in [0.15, 0.2) is 41.0 Å². The summed E-state index contributed by atoms with van der Waals surface area (Å²) in [5, 5.41) is 0. The summed E-state index contributed by atoms with van der Waals surface area (Å²) in [7, 11) is 2.08. The smallest absolute Gasteiger partial charge is 0.105 e. The third kappa shape index (κ3) is 3.66. The molecule has 1 aromatic heterocycles. The van der Waals surface area contributed by atoms with Crippen molar-refractivity contribution in [1.29, 1.82) is 0 Å². The summed E-state index contributed by atoms with van der Waals surface area (Å²) in [6.45, 7) is 3.69. The minimum atomic E-state index is 0.440. The number of hydrogen-bond acceptors (Lipinski definition) is 3. The third-order valence-corrected chi connectivity index (χ3v) is 3.31. The van der Waals surface area contributed by atoms with Gasteiger partial charge in [-0.1, -0.05) is 30.4 Å². The molecule has 0 aliphatic heterocycles. The van der Waals surface area contributed by atoms with Crippen LogP contribution in [-0.2, 0) is 13.1 Å². The van der Waals surface area contributed by atoms with Crippen LogP contribution in [0.2, 0.25) is 0 Å².